The number of anilines is 1. The Morgan fingerprint density at radius 2 is 2.04 bits per heavy atom. The summed E-state index contributed by atoms with van der Waals surface area (Å²) >= 11 is 0. The van der Waals surface area contributed by atoms with E-state index in [0.29, 0.717) is 5.56 Å². The van der Waals surface area contributed by atoms with Crippen molar-refractivity contribution >= 4 is 32.3 Å². The van der Waals surface area contributed by atoms with Gasteiger partial charge in [-0.3, -0.25) is 4.79 Å². The first kappa shape index (κ1) is 17.3. The van der Waals surface area contributed by atoms with E-state index in [-0.39, 0.29) is 30.5 Å². The number of sulfone groups is 1. The maximum atomic E-state index is 12.6. The number of fused-ring (bicyclic) bond motifs is 1. The molecule has 1 unspecified atom stereocenters. The van der Waals surface area contributed by atoms with Crippen molar-refractivity contribution in [1.29, 1.82) is 5.26 Å². The molecule has 0 saturated carbocycles. The van der Waals surface area contributed by atoms with Crippen molar-refractivity contribution < 1.29 is 13.2 Å². The second-order valence-electron chi connectivity index (χ2n) is 6.34. The van der Waals surface area contributed by atoms with Crippen molar-refractivity contribution in [2.45, 2.75) is 19.9 Å². The Bertz CT molecular complexity index is 958. The maximum Gasteiger partial charge on any atom is 0.244 e. The number of rotatable bonds is 3. The Kier molecular flexibility index (Phi) is 4.43. The molecule has 1 aliphatic heterocycles. The molecule has 2 N–H and O–H groups in total. The molecule has 1 aliphatic rings. The molecule has 3 rings (SSSR count). The van der Waals surface area contributed by atoms with Crippen LogP contribution in [0.15, 0.2) is 18.3 Å². The van der Waals surface area contributed by atoms with E-state index < -0.39 is 15.9 Å². The summed E-state index contributed by atoms with van der Waals surface area (Å²) in [7, 11) is -3.02. The van der Waals surface area contributed by atoms with Gasteiger partial charge in [0.25, 0.3) is 0 Å². The molecule has 1 amide bonds. The fraction of sp³-hybridized carbons (Fsp3) is 0.412. The average molecular weight is 360 g/mol. The molecule has 8 heteroatoms. The molecular weight excluding hydrogens is 340 g/mol. The Hall–Kier alpha value is -2.53. The highest BCUT2D eigenvalue weighted by Crippen LogP contribution is 2.29. The number of benzene rings is 1. The number of H-pyrrole nitrogens is 1. The Balaban J connectivity index is 1.80. The number of nitrogens with one attached hydrogen (secondary N) is 2. The SMILES string of the molecule is Cc1ccc(NC(C)C(=O)N2CCS(=O)(=O)CC2)c2[nH]cc(C#N)c12. The van der Waals surface area contributed by atoms with Gasteiger partial charge in [0.1, 0.15) is 12.1 Å². The van der Waals surface area contributed by atoms with Gasteiger partial charge in [-0.15, -0.1) is 0 Å². The predicted octanol–water partition coefficient (Wildman–Crippen LogP) is 1.41. The summed E-state index contributed by atoms with van der Waals surface area (Å²) < 4.78 is 23.0. The number of nitriles is 1. The first-order chi connectivity index (χ1) is 11.8. The third kappa shape index (κ3) is 3.33. The van der Waals surface area contributed by atoms with Crippen LogP contribution in [0, 0.1) is 18.3 Å². The lowest BCUT2D eigenvalue weighted by molar-refractivity contribution is -0.131. The third-order valence-electron chi connectivity index (χ3n) is 4.56. The molecule has 1 atom stereocenters. The molecule has 2 aromatic rings. The van der Waals surface area contributed by atoms with E-state index in [9.17, 15) is 18.5 Å². The number of nitrogens with zero attached hydrogens (tertiary/aromatic N) is 2. The summed E-state index contributed by atoms with van der Waals surface area (Å²) in [5.74, 6) is -0.0965. The molecule has 1 aromatic heterocycles. The van der Waals surface area contributed by atoms with Gasteiger partial charge < -0.3 is 15.2 Å². The molecule has 0 radical (unpaired) electrons. The highest BCUT2D eigenvalue weighted by Gasteiger charge is 2.28. The largest absolute Gasteiger partial charge is 0.372 e. The van der Waals surface area contributed by atoms with E-state index in [1.165, 1.54) is 0 Å². The number of carbonyl (C=O) groups is 1. The number of aryl methyl sites for hydroxylation is 1. The Labute approximate surface area is 146 Å². The number of aromatic amines is 1. The van der Waals surface area contributed by atoms with Gasteiger partial charge >= 0.3 is 0 Å². The van der Waals surface area contributed by atoms with E-state index in [2.05, 4.69) is 16.4 Å². The molecule has 1 saturated heterocycles. The number of amides is 1. The lowest BCUT2D eigenvalue weighted by Crippen LogP contribution is -2.48. The van der Waals surface area contributed by atoms with Crippen molar-refractivity contribution in [2.75, 3.05) is 29.9 Å². The van der Waals surface area contributed by atoms with Gasteiger partial charge in [-0.25, -0.2) is 8.42 Å². The van der Waals surface area contributed by atoms with Crippen molar-refractivity contribution in [2.24, 2.45) is 0 Å². The molecular formula is C17H20N4O3S. The molecule has 132 valence electrons. The van der Waals surface area contributed by atoms with Gasteiger partial charge in [0.15, 0.2) is 9.84 Å². The molecule has 25 heavy (non-hydrogen) atoms. The van der Waals surface area contributed by atoms with Gasteiger partial charge in [-0.05, 0) is 25.5 Å². The number of carbonyl (C=O) groups excluding carboxylic acids is 1. The van der Waals surface area contributed by atoms with E-state index in [1.54, 1.807) is 18.0 Å². The van der Waals surface area contributed by atoms with Crippen molar-refractivity contribution in [3.63, 3.8) is 0 Å². The lowest BCUT2D eigenvalue weighted by Gasteiger charge is -2.29. The molecule has 1 fully saturated rings. The molecule has 7 nitrogen and oxygen atoms in total. The first-order valence-electron chi connectivity index (χ1n) is 8.09. The van der Waals surface area contributed by atoms with Gasteiger partial charge in [0, 0.05) is 24.7 Å². The summed E-state index contributed by atoms with van der Waals surface area (Å²) in [5.41, 5.74) is 3.08. The standard InChI is InChI=1S/C17H20N4O3S/c1-11-3-4-14(16-15(11)13(9-18)10-19-16)20-12(2)17(22)21-5-7-25(23,24)8-6-21/h3-4,10,12,19-20H,5-8H2,1-2H3. The van der Waals surface area contributed by atoms with Crippen LogP contribution in [-0.2, 0) is 14.6 Å². The summed E-state index contributed by atoms with van der Waals surface area (Å²) in [5, 5.41) is 13.3. The smallest absolute Gasteiger partial charge is 0.244 e. The average Bonchev–Trinajstić information content (AvgIpc) is 3.02. The van der Waals surface area contributed by atoms with Crippen LogP contribution in [0.1, 0.15) is 18.1 Å². The minimum atomic E-state index is -3.02. The zero-order valence-electron chi connectivity index (χ0n) is 14.2. The lowest BCUT2D eigenvalue weighted by atomic mass is 10.1. The van der Waals surface area contributed by atoms with Crippen LogP contribution in [0.4, 0.5) is 5.69 Å². The normalized spacial score (nSPS) is 17.9. The van der Waals surface area contributed by atoms with Crippen LogP contribution >= 0.6 is 0 Å². The highest BCUT2D eigenvalue weighted by molar-refractivity contribution is 7.91. The zero-order chi connectivity index (χ0) is 18.2. The molecule has 2 heterocycles. The van der Waals surface area contributed by atoms with Crippen LogP contribution in [-0.4, -0.2) is 54.8 Å². The van der Waals surface area contributed by atoms with E-state index in [4.69, 9.17) is 0 Å². The Morgan fingerprint density at radius 1 is 1.36 bits per heavy atom. The van der Waals surface area contributed by atoms with E-state index in [1.807, 2.05) is 19.1 Å². The van der Waals surface area contributed by atoms with Crippen LogP contribution in [0.2, 0.25) is 0 Å². The molecule has 0 spiro atoms. The van der Waals surface area contributed by atoms with E-state index in [0.717, 1.165) is 22.2 Å². The second kappa shape index (κ2) is 6.41. The monoisotopic (exact) mass is 360 g/mol. The topological polar surface area (TPSA) is 106 Å². The van der Waals surface area contributed by atoms with Gasteiger partial charge in [-0.2, -0.15) is 5.26 Å². The predicted molar refractivity (Wildman–Crippen MR) is 96.1 cm³/mol. The first-order valence-corrected chi connectivity index (χ1v) is 9.91. The van der Waals surface area contributed by atoms with Crippen molar-refractivity contribution in [3.8, 4) is 6.07 Å². The summed E-state index contributed by atoms with van der Waals surface area (Å²) in [4.78, 5) is 17.3. The zero-order valence-corrected chi connectivity index (χ0v) is 15.0. The summed E-state index contributed by atoms with van der Waals surface area (Å²) in [6.45, 7) is 4.16. The molecule has 1 aromatic carbocycles. The van der Waals surface area contributed by atoms with Crippen molar-refractivity contribution in [3.05, 3.63) is 29.5 Å². The van der Waals surface area contributed by atoms with Crippen molar-refractivity contribution in [1.82, 2.24) is 9.88 Å². The van der Waals surface area contributed by atoms with E-state index >= 15 is 0 Å². The van der Waals surface area contributed by atoms with Crippen LogP contribution in [0.3, 0.4) is 0 Å². The number of hydrogen-bond donors (Lipinski definition) is 2. The van der Waals surface area contributed by atoms with Gasteiger partial charge in [0.2, 0.25) is 5.91 Å². The maximum absolute atomic E-state index is 12.6. The minimum absolute atomic E-state index is 0.0163. The second-order valence-corrected chi connectivity index (χ2v) is 8.64. The van der Waals surface area contributed by atoms with Crippen LogP contribution < -0.4 is 5.32 Å². The summed E-state index contributed by atoms with van der Waals surface area (Å²) in [6.07, 6.45) is 1.66. The molecule has 0 aliphatic carbocycles. The fourth-order valence-electron chi connectivity index (χ4n) is 3.13. The summed E-state index contributed by atoms with van der Waals surface area (Å²) in [6, 6.07) is 5.44. The van der Waals surface area contributed by atoms with Gasteiger partial charge in [-0.1, -0.05) is 6.07 Å². The van der Waals surface area contributed by atoms with Gasteiger partial charge in [0.05, 0.1) is 28.3 Å². The number of aromatic nitrogens is 1. The highest BCUT2D eigenvalue weighted by atomic mass is 32.2. The Morgan fingerprint density at radius 3 is 2.68 bits per heavy atom. The third-order valence-corrected chi connectivity index (χ3v) is 6.17. The number of hydrogen-bond acceptors (Lipinski definition) is 5. The van der Waals surface area contributed by atoms with Crippen LogP contribution in [0.25, 0.3) is 10.9 Å². The molecule has 0 bridgehead atoms. The van der Waals surface area contributed by atoms with Crippen LogP contribution in [0.5, 0.6) is 0 Å². The minimum Gasteiger partial charge on any atom is -0.372 e. The fourth-order valence-corrected chi connectivity index (χ4v) is 4.33. The quantitative estimate of drug-likeness (QED) is 0.861.